The quantitative estimate of drug-likeness (QED) is 0.691. The van der Waals surface area contributed by atoms with Crippen molar-refractivity contribution in [2.45, 2.75) is 101 Å². The molecule has 0 N–H and O–H groups in total. The monoisotopic (exact) mass is 389 g/mol. The van der Waals surface area contributed by atoms with Crippen molar-refractivity contribution in [3.63, 3.8) is 0 Å². The molecule has 2 aliphatic rings. The summed E-state index contributed by atoms with van der Waals surface area (Å²) in [6.45, 7) is 6.63. The van der Waals surface area contributed by atoms with E-state index in [4.69, 9.17) is 0 Å². The predicted octanol–water partition coefficient (Wildman–Crippen LogP) is 4.68. The molecule has 2 fully saturated rings. The Morgan fingerprint density at radius 3 is 2.52 bits per heavy atom. The summed E-state index contributed by atoms with van der Waals surface area (Å²) >= 11 is 1.75. The van der Waals surface area contributed by atoms with Gasteiger partial charge in [-0.05, 0) is 55.9 Å². The minimum absolute atomic E-state index is 0.158. The van der Waals surface area contributed by atoms with Gasteiger partial charge in [-0.2, -0.15) is 0 Å². The topological polar surface area (TPSA) is 74.3 Å². The standard InChI is InChI=1S/C19H31N7S/c1-13-8-7-11-17(12-13)25-15(3)20-22-19(25)27-14(2)18-21-23-24-26(18)16-9-5-4-6-10-16/h13-14,16-17H,4-12H2,1-3H3. The van der Waals surface area contributed by atoms with Gasteiger partial charge in [0.2, 0.25) is 0 Å². The van der Waals surface area contributed by atoms with Gasteiger partial charge in [0.15, 0.2) is 11.0 Å². The van der Waals surface area contributed by atoms with Gasteiger partial charge in [-0.25, -0.2) is 4.68 Å². The maximum Gasteiger partial charge on any atom is 0.192 e. The van der Waals surface area contributed by atoms with E-state index in [-0.39, 0.29) is 5.25 Å². The van der Waals surface area contributed by atoms with E-state index in [1.807, 2.05) is 0 Å². The first-order chi connectivity index (χ1) is 13.1. The molecule has 0 spiro atoms. The lowest BCUT2D eigenvalue weighted by Crippen LogP contribution is -2.20. The molecule has 7 nitrogen and oxygen atoms in total. The summed E-state index contributed by atoms with van der Waals surface area (Å²) in [7, 11) is 0. The van der Waals surface area contributed by atoms with Crippen LogP contribution in [0.2, 0.25) is 0 Å². The number of aryl methyl sites for hydroxylation is 1. The van der Waals surface area contributed by atoms with Crippen LogP contribution in [0.4, 0.5) is 0 Å². The molecule has 3 atom stereocenters. The maximum absolute atomic E-state index is 4.51. The highest BCUT2D eigenvalue weighted by atomic mass is 32.2. The second-order valence-corrected chi connectivity index (χ2v) is 9.67. The van der Waals surface area contributed by atoms with Gasteiger partial charge in [-0.15, -0.1) is 15.3 Å². The number of tetrazole rings is 1. The lowest BCUT2D eigenvalue weighted by molar-refractivity contribution is 0.268. The van der Waals surface area contributed by atoms with E-state index in [2.05, 4.69) is 55.7 Å². The largest absolute Gasteiger partial charge is 0.303 e. The summed E-state index contributed by atoms with van der Waals surface area (Å²) in [5, 5.41) is 22.8. The number of nitrogens with zero attached hydrogens (tertiary/aromatic N) is 7. The number of hydrogen-bond donors (Lipinski definition) is 0. The zero-order valence-corrected chi connectivity index (χ0v) is 17.5. The van der Waals surface area contributed by atoms with Crippen molar-refractivity contribution in [1.29, 1.82) is 0 Å². The van der Waals surface area contributed by atoms with Crippen molar-refractivity contribution in [1.82, 2.24) is 35.0 Å². The Hall–Kier alpha value is -1.44. The Morgan fingerprint density at radius 2 is 1.74 bits per heavy atom. The first-order valence-electron chi connectivity index (χ1n) is 10.5. The number of aromatic nitrogens is 7. The van der Waals surface area contributed by atoms with E-state index in [1.165, 1.54) is 57.8 Å². The second kappa shape index (κ2) is 8.29. The third-order valence-electron chi connectivity index (χ3n) is 6.19. The van der Waals surface area contributed by atoms with Crippen LogP contribution in [0.5, 0.6) is 0 Å². The van der Waals surface area contributed by atoms with Gasteiger partial charge in [0, 0.05) is 6.04 Å². The van der Waals surface area contributed by atoms with Crippen LogP contribution < -0.4 is 0 Å². The number of rotatable bonds is 5. The van der Waals surface area contributed by atoms with E-state index in [0.717, 1.165) is 22.7 Å². The van der Waals surface area contributed by atoms with Crippen LogP contribution in [-0.4, -0.2) is 35.0 Å². The lowest BCUT2D eigenvalue weighted by Gasteiger charge is -2.29. The van der Waals surface area contributed by atoms with Crippen LogP contribution in [0.25, 0.3) is 0 Å². The molecule has 2 heterocycles. The highest BCUT2D eigenvalue weighted by Gasteiger charge is 2.28. The number of hydrogen-bond acceptors (Lipinski definition) is 6. The first kappa shape index (κ1) is 18.9. The Balaban J connectivity index is 1.52. The third-order valence-corrected chi connectivity index (χ3v) is 7.25. The normalized spacial score (nSPS) is 25.6. The van der Waals surface area contributed by atoms with Crippen molar-refractivity contribution >= 4 is 11.8 Å². The summed E-state index contributed by atoms with van der Waals surface area (Å²) in [5.41, 5.74) is 0. The van der Waals surface area contributed by atoms with E-state index in [9.17, 15) is 0 Å². The second-order valence-electron chi connectivity index (χ2n) is 8.36. The third kappa shape index (κ3) is 4.05. The summed E-state index contributed by atoms with van der Waals surface area (Å²) < 4.78 is 4.44. The molecular weight excluding hydrogens is 358 g/mol. The van der Waals surface area contributed by atoms with Crippen LogP contribution in [0.15, 0.2) is 5.16 Å². The Kier molecular flexibility index (Phi) is 5.80. The molecule has 2 aliphatic carbocycles. The highest BCUT2D eigenvalue weighted by molar-refractivity contribution is 7.99. The van der Waals surface area contributed by atoms with Gasteiger partial charge >= 0.3 is 0 Å². The first-order valence-corrected chi connectivity index (χ1v) is 11.4. The minimum atomic E-state index is 0.158. The molecule has 148 valence electrons. The fourth-order valence-corrected chi connectivity index (χ4v) is 5.81. The smallest absolute Gasteiger partial charge is 0.192 e. The molecule has 0 amide bonds. The molecule has 0 radical (unpaired) electrons. The zero-order valence-electron chi connectivity index (χ0n) is 16.7. The van der Waals surface area contributed by atoms with Crippen LogP contribution in [0.1, 0.15) is 101 Å². The van der Waals surface area contributed by atoms with E-state index in [0.29, 0.717) is 12.1 Å². The van der Waals surface area contributed by atoms with Gasteiger partial charge in [0.1, 0.15) is 5.82 Å². The SMILES string of the molecule is Cc1nnc(SC(C)c2nnnn2C2CCCCC2)n1C1CCCC(C)C1. The fraction of sp³-hybridized carbons (Fsp3) is 0.842. The summed E-state index contributed by atoms with van der Waals surface area (Å²) in [6, 6.07) is 0.971. The van der Waals surface area contributed by atoms with Crippen LogP contribution in [0.3, 0.4) is 0 Å². The van der Waals surface area contributed by atoms with Gasteiger partial charge in [0.05, 0.1) is 11.3 Å². The summed E-state index contributed by atoms with van der Waals surface area (Å²) in [4.78, 5) is 0. The molecule has 2 aromatic heterocycles. The average Bonchev–Trinajstić information content (AvgIpc) is 3.29. The van der Waals surface area contributed by atoms with Crippen molar-refractivity contribution in [2.24, 2.45) is 5.92 Å². The molecule has 8 heteroatoms. The molecule has 0 saturated heterocycles. The van der Waals surface area contributed by atoms with Gasteiger partial charge in [-0.3, -0.25) is 0 Å². The number of thioether (sulfide) groups is 1. The van der Waals surface area contributed by atoms with Crippen molar-refractivity contribution in [3.05, 3.63) is 11.6 Å². The van der Waals surface area contributed by atoms with Gasteiger partial charge in [0.25, 0.3) is 0 Å². The molecule has 27 heavy (non-hydrogen) atoms. The van der Waals surface area contributed by atoms with Crippen LogP contribution >= 0.6 is 11.8 Å². The van der Waals surface area contributed by atoms with Crippen molar-refractivity contribution in [3.8, 4) is 0 Å². The maximum atomic E-state index is 4.51. The lowest BCUT2D eigenvalue weighted by atomic mass is 9.87. The molecule has 4 rings (SSSR count). The van der Waals surface area contributed by atoms with Gasteiger partial charge in [-0.1, -0.05) is 50.8 Å². The molecule has 0 aromatic carbocycles. The Bertz CT molecular complexity index is 749. The van der Waals surface area contributed by atoms with E-state index < -0.39 is 0 Å². The Morgan fingerprint density at radius 1 is 0.963 bits per heavy atom. The van der Waals surface area contributed by atoms with Crippen LogP contribution in [0, 0.1) is 12.8 Å². The average molecular weight is 390 g/mol. The van der Waals surface area contributed by atoms with Crippen molar-refractivity contribution < 1.29 is 0 Å². The highest BCUT2D eigenvalue weighted by Crippen LogP contribution is 2.40. The molecule has 2 aromatic rings. The molecule has 0 bridgehead atoms. The zero-order chi connectivity index (χ0) is 18.8. The molecule has 2 saturated carbocycles. The molecular formula is C19H31N7S. The fourth-order valence-electron chi connectivity index (χ4n) is 4.75. The predicted molar refractivity (Wildman–Crippen MR) is 106 cm³/mol. The van der Waals surface area contributed by atoms with Crippen molar-refractivity contribution in [2.75, 3.05) is 0 Å². The van der Waals surface area contributed by atoms with Gasteiger partial charge < -0.3 is 4.57 Å². The molecule has 3 unspecified atom stereocenters. The van der Waals surface area contributed by atoms with E-state index in [1.54, 1.807) is 11.8 Å². The van der Waals surface area contributed by atoms with Crippen LogP contribution in [-0.2, 0) is 0 Å². The molecule has 0 aliphatic heterocycles. The minimum Gasteiger partial charge on any atom is -0.303 e. The summed E-state index contributed by atoms with van der Waals surface area (Å²) in [5.74, 6) is 2.77. The summed E-state index contributed by atoms with van der Waals surface area (Å²) in [6.07, 6.45) is 11.3. The van der Waals surface area contributed by atoms with E-state index >= 15 is 0 Å². The Labute approximate surface area is 165 Å².